The molecule has 0 bridgehead atoms. The molecule has 0 radical (unpaired) electrons. The predicted octanol–water partition coefficient (Wildman–Crippen LogP) is 3.41. The van der Waals surface area contributed by atoms with Gasteiger partial charge in [-0.1, -0.05) is 12.1 Å². The fourth-order valence-electron chi connectivity index (χ4n) is 1.14. The Balaban J connectivity index is 3.19. The molecule has 0 unspecified atom stereocenters. The van der Waals surface area contributed by atoms with Gasteiger partial charge in [0.15, 0.2) is 0 Å². The Hall–Kier alpha value is -1.33. The molecule has 0 aliphatic heterocycles. The van der Waals surface area contributed by atoms with Crippen molar-refractivity contribution in [2.75, 3.05) is 19.0 Å². The van der Waals surface area contributed by atoms with Crippen LogP contribution in [0.1, 0.15) is 5.56 Å². The van der Waals surface area contributed by atoms with Crippen molar-refractivity contribution in [2.45, 2.75) is 12.1 Å². The van der Waals surface area contributed by atoms with Crippen molar-refractivity contribution < 1.29 is 22.0 Å². The average Bonchev–Trinajstić information content (AvgIpc) is 2.16. The fraction of sp³-hybridized carbons (Fsp3) is 0.400. The second-order valence-corrected chi connectivity index (χ2v) is 3.52. The van der Waals surface area contributed by atoms with Crippen LogP contribution in [-0.2, 0) is 5.92 Å². The minimum Gasteiger partial charge on any atom is -0.378 e. The van der Waals surface area contributed by atoms with Gasteiger partial charge in [0, 0.05) is 25.3 Å². The summed E-state index contributed by atoms with van der Waals surface area (Å²) in [6.07, 6.45) is -5.57. The first kappa shape index (κ1) is 12.7. The molecular formula is C10H10F5N. The summed E-state index contributed by atoms with van der Waals surface area (Å²) in [4.78, 5) is 1.45. The van der Waals surface area contributed by atoms with Gasteiger partial charge in [-0.05, 0) is 12.1 Å². The topological polar surface area (TPSA) is 3.24 Å². The number of benzene rings is 1. The zero-order valence-electron chi connectivity index (χ0n) is 8.65. The molecule has 0 heterocycles. The van der Waals surface area contributed by atoms with E-state index in [1.165, 1.54) is 17.0 Å². The van der Waals surface area contributed by atoms with Crippen molar-refractivity contribution in [1.29, 1.82) is 0 Å². The van der Waals surface area contributed by atoms with Crippen LogP contribution >= 0.6 is 0 Å². The molecule has 0 amide bonds. The average molecular weight is 239 g/mol. The summed E-state index contributed by atoms with van der Waals surface area (Å²) in [5.74, 6) is -4.82. The van der Waals surface area contributed by atoms with Gasteiger partial charge >= 0.3 is 12.1 Å². The highest BCUT2D eigenvalue weighted by Crippen LogP contribution is 2.44. The lowest BCUT2D eigenvalue weighted by Crippen LogP contribution is -2.33. The standard InChI is InChI=1S/C10H10F5N/c1-16(2)8-5-3-4-7(6-8)9(11,12)10(13,14)15/h3-6H,1-2H3. The molecule has 1 nitrogen and oxygen atoms in total. The Kier molecular flexibility index (Phi) is 3.12. The number of halogens is 5. The van der Waals surface area contributed by atoms with E-state index >= 15 is 0 Å². The molecule has 1 aromatic carbocycles. The van der Waals surface area contributed by atoms with Gasteiger partial charge in [0.05, 0.1) is 0 Å². The van der Waals surface area contributed by atoms with E-state index in [4.69, 9.17) is 0 Å². The minimum absolute atomic E-state index is 0.293. The van der Waals surface area contributed by atoms with Crippen molar-refractivity contribution in [3.05, 3.63) is 29.8 Å². The highest BCUT2D eigenvalue weighted by atomic mass is 19.4. The molecule has 16 heavy (non-hydrogen) atoms. The summed E-state index contributed by atoms with van der Waals surface area (Å²) in [7, 11) is 3.12. The van der Waals surface area contributed by atoms with Crippen LogP contribution in [0.2, 0.25) is 0 Å². The minimum atomic E-state index is -5.57. The Morgan fingerprint density at radius 3 is 2.00 bits per heavy atom. The zero-order chi connectivity index (χ0) is 12.6. The van der Waals surface area contributed by atoms with E-state index in [0.717, 1.165) is 12.1 Å². The zero-order valence-corrected chi connectivity index (χ0v) is 8.65. The van der Waals surface area contributed by atoms with Crippen LogP contribution in [0.4, 0.5) is 27.6 Å². The second-order valence-electron chi connectivity index (χ2n) is 3.52. The monoisotopic (exact) mass is 239 g/mol. The van der Waals surface area contributed by atoms with Crippen molar-refractivity contribution in [2.24, 2.45) is 0 Å². The van der Waals surface area contributed by atoms with E-state index in [-0.39, 0.29) is 0 Å². The third kappa shape index (κ3) is 2.25. The first-order valence-electron chi connectivity index (χ1n) is 4.38. The molecular weight excluding hydrogens is 229 g/mol. The van der Waals surface area contributed by atoms with Crippen LogP contribution in [-0.4, -0.2) is 20.3 Å². The number of rotatable bonds is 2. The van der Waals surface area contributed by atoms with Gasteiger partial charge in [0.2, 0.25) is 0 Å². The lowest BCUT2D eigenvalue weighted by atomic mass is 10.1. The van der Waals surface area contributed by atoms with Gasteiger partial charge in [-0.2, -0.15) is 22.0 Å². The van der Waals surface area contributed by atoms with Gasteiger partial charge in [-0.25, -0.2) is 0 Å². The summed E-state index contributed by atoms with van der Waals surface area (Å²) < 4.78 is 62.2. The number of anilines is 1. The van der Waals surface area contributed by atoms with E-state index in [1.54, 1.807) is 14.1 Å². The Labute approximate surface area is 89.5 Å². The maximum absolute atomic E-state index is 13.0. The van der Waals surface area contributed by atoms with Crippen molar-refractivity contribution in [1.82, 2.24) is 0 Å². The molecule has 1 aromatic rings. The Morgan fingerprint density at radius 2 is 1.56 bits per heavy atom. The molecule has 0 aliphatic rings. The van der Waals surface area contributed by atoms with Crippen LogP contribution in [0.25, 0.3) is 0 Å². The number of alkyl halides is 5. The first-order chi connectivity index (χ1) is 7.16. The lowest BCUT2D eigenvalue weighted by molar-refractivity contribution is -0.289. The van der Waals surface area contributed by atoms with Gasteiger partial charge < -0.3 is 4.90 Å². The molecule has 90 valence electrons. The summed E-state index contributed by atoms with van der Waals surface area (Å²) in [6, 6.07) is 4.22. The molecule has 1 rings (SSSR count). The third-order valence-electron chi connectivity index (χ3n) is 2.08. The van der Waals surface area contributed by atoms with Crippen LogP contribution in [0.15, 0.2) is 24.3 Å². The maximum atomic E-state index is 13.0. The van der Waals surface area contributed by atoms with Crippen LogP contribution in [0.5, 0.6) is 0 Å². The van der Waals surface area contributed by atoms with Gasteiger partial charge in [-0.3, -0.25) is 0 Å². The van der Waals surface area contributed by atoms with E-state index in [1.807, 2.05) is 0 Å². The number of hydrogen-bond acceptors (Lipinski definition) is 1. The molecule has 0 saturated carbocycles. The Bertz CT molecular complexity index is 370. The molecule has 0 spiro atoms. The predicted molar refractivity (Wildman–Crippen MR) is 50.7 cm³/mol. The first-order valence-corrected chi connectivity index (χ1v) is 4.38. The molecule has 0 aromatic heterocycles. The van der Waals surface area contributed by atoms with E-state index in [9.17, 15) is 22.0 Å². The Morgan fingerprint density at radius 1 is 1.00 bits per heavy atom. The number of nitrogens with zero attached hydrogens (tertiary/aromatic N) is 1. The van der Waals surface area contributed by atoms with Crippen LogP contribution < -0.4 is 4.90 Å². The van der Waals surface area contributed by atoms with E-state index in [2.05, 4.69) is 0 Å². The highest BCUT2D eigenvalue weighted by Gasteiger charge is 2.58. The molecule has 0 atom stereocenters. The third-order valence-corrected chi connectivity index (χ3v) is 2.08. The summed E-state index contributed by atoms with van der Waals surface area (Å²) in [5, 5.41) is 0. The molecule has 0 saturated heterocycles. The SMILES string of the molecule is CN(C)c1cccc(C(F)(F)C(F)(F)F)c1. The molecule has 0 fully saturated rings. The van der Waals surface area contributed by atoms with Gasteiger partial charge in [0.25, 0.3) is 0 Å². The second kappa shape index (κ2) is 3.92. The van der Waals surface area contributed by atoms with Crippen molar-refractivity contribution >= 4 is 5.69 Å². The lowest BCUT2D eigenvalue weighted by Gasteiger charge is -2.21. The smallest absolute Gasteiger partial charge is 0.378 e. The van der Waals surface area contributed by atoms with Gasteiger partial charge in [0.1, 0.15) is 0 Å². The van der Waals surface area contributed by atoms with Crippen LogP contribution in [0.3, 0.4) is 0 Å². The van der Waals surface area contributed by atoms with Crippen molar-refractivity contribution in [3.63, 3.8) is 0 Å². The molecule has 6 heteroatoms. The van der Waals surface area contributed by atoms with Crippen molar-refractivity contribution in [3.8, 4) is 0 Å². The fourth-order valence-corrected chi connectivity index (χ4v) is 1.14. The highest BCUT2D eigenvalue weighted by molar-refractivity contribution is 5.48. The quantitative estimate of drug-likeness (QED) is 0.715. The van der Waals surface area contributed by atoms with E-state index < -0.39 is 17.7 Å². The maximum Gasteiger partial charge on any atom is 0.458 e. The normalized spacial score (nSPS) is 12.7. The van der Waals surface area contributed by atoms with Gasteiger partial charge in [-0.15, -0.1) is 0 Å². The summed E-state index contributed by atoms with van der Waals surface area (Å²) in [6.45, 7) is 0. The van der Waals surface area contributed by atoms with E-state index in [0.29, 0.717) is 5.69 Å². The molecule has 0 aliphatic carbocycles. The van der Waals surface area contributed by atoms with Crippen LogP contribution in [0, 0.1) is 0 Å². The molecule has 0 N–H and O–H groups in total. The number of hydrogen-bond donors (Lipinski definition) is 0. The largest absolute Gasteiger partial charge is 0.458 e. The summed E-state index contributed by atoms with van der Waals surface area (Å²) >= 11 is 0. The summed E-state index contributed by atoms with van der Waals surface area (Å²) in [5.41, 5.74) is -0.757.